The Morgan fingerprint density at radius 2 is 1.83 bits per heavy atom. The summed E-state index contributed by atoms with van der Waals surface area (Å²) in [6.45, 7) is 2.46. The van der Waals surface area contributed by atoms with E-state index >= 15 is 0 Å². The third-order valence-electron chi connectivity index (χ3n) is 3.17. The second-order valence-electron chi connectivity index (χ2n) is 5.12. The van der Waals surface area contributed by atoms with E-state index in [0.717, 1.165) is 25.7 Å². The van der Waals surface area contributed by atoms with Crippen LogP contribution in [0, 0.1) is 0 Å². The van der Waals surface area contributed by atoms with Crippen LogP contribution in [0.4, 0.5) is 13.2 Å². The second-order valence-corrected chi connectivity index (χ2v) is 5.51. The Morgan fingerprint density at radius 3 is 2.28 bits per heavy atom. The Balaban J connectivity index is 2.53. The van der Waals surface area contributed by atoms with Gasteiger partial charge in [-0.2, -0.15) is 13.2 Å². The monoisotopic (exact) mass is 282 g/mol. The molecule has 0 heterocycles. The van der Waals surface area contributed by atoms with Crippen molar-refractivity contribution in [2.75, 3.05) is 6.54 Å². The summed E-state index contributed by atoms with van der Waals surface area (Å²) in [5.41, 5.74) is 0. The lowest BCUT2D eigenvalue weighted by atomic mass is 9.96. The van der Waals surface area contributed by atoms with E-state index in [2.05, 4.69) is 5.32 Å². The average molecular weight is 282 g/mol. The Morgan fingerprint density at radius 1 is 1.28 bits per heavy atom. The van der Waals surface area contributed by atoms with Crippen LogP contribution in [0.25, 0.3) is 0 Å². The number of hydrogen-bond donors (Lipinski definition) is 1. The fraction of sp³-hybridized carbons (Fsp3) is 0.917. The summed E-state index contributed by atoms with van der Waals surface area (Å²) < 4.78 is 37.4. The molecular weight excluding hydrogens is 261 g/mol. The molecule has 0 aromatic heterocycles. The highest BCUT2D eigenvalue weighted by molar-refractivity contribution is 7.80. The molecule has 18 heavy (non-hydrogen) atoms. The zero-order valence-electron chi connectivity index (χ0n) is 10.9. The molecule has 0 aromatic carbocycles. The molecule has 1 fully saturated rings. The second kappa shape index (κ2) is 6.59. The topological polar surface area (TPSA) is 15.3 Å². The SMILES string of the molecule is CC(C)N(CC(F)(F)F)C(=S)NC1CCCCC1. The summed E-state index contributed by atoms with van der Waals surface area (Å²) in [5.74, 6) is 0. The molecule has 0 bridgehead atoms. The number of halogens is 3. The fourth-order valence-electron chi connectivity index (χ4n) is 2.19. The first kappa shape index (κ1) is 15.5. The quantitative estimate of drug-likeness (QED) is 0.798. The predicted molar refractivity (Wildman–Crippen MR) is 70.5 cm³/mol. The lowest BCUT2D eigenvalue weighted by Crippen LogP contribution is -2.51. The molecule has 6 heteroatoms. The van der Waals surface area contributed by atoms with E-state index in [1.807, 2.05) is 0 Å². The van der Waals surface area contributed by atoms with Crippen molar-refractivity contribution in [2.24, 2.45) is 0 Å². The van der Waals surface area contributed by atoms with Crippen molar-refractivity contribution >= 4 is 17.3 Å². The summed E-state index contributed by atoms with van der Waals surface area (Å²) in [5, 5.41) is 3.31. The number of nitrogens with zero attached hydrogens (tertiary/aromatic N) is 1. The predicted octanol–water partition coefficient (Wildman–Crippen LogP) is 3.47. The van der Waals surface area contributed by atoms with Gasteiger partial charge in [0.2, 0.25) is 0 Å². The highest BCUT2D eigenvalue weighted by Crippen LogP contribution is 2.20. The lowest BCUT2D eigenvalue weighted by molar-refractivity contribution is -0.140. The van der Waals surface area contributed by atoms with E-state index in [4.69, 9.17) is 12.2 Å². The van der Waals surface area contributed by atoms with Crippen LogP contribution >= 0.6 is 12.2 Å². The molecule has 2 nitrogen and oxygen atoms in total. The minimum atomic E-state index is -4.22. The molecule has 0 spiro atoms. The number of alkyl halides is 3. The van der Waals surface area contributed by atoms with Crippen molar-refractivity contribution in [1.82, 2.24) is 10.2 Å². The van der Waals surface area contributed by atoms with Gasteiger partial charge in [-0.15, -0.1) is 0 Å². The van der Waals surface area contributed by atoms with Gasteiger partial charge in [-0.3, -0.25) is 0 Å². The van der Waals surface area contributed by atoms with Gasteiger partial charge in [0.15, 0.2) is 5.11 Å². The summed E-state index contributed by atoms with van der Waals surface area (Å²) in [4.78, 5) is 1.21. The van der Waals surface area contributed by atoms with Gasteiger partial charge < -0.3 is 10.2 Å². The molecule has 106 valence electrons. The first-order valence-electron chi connectivity index (χ1n) is 6.43. The summed E-state index contributed by atoms with van der Waals surface area (Å²) in [6.07, 6.45) is 1.24. The van der Waals surface area contributed by atoms with Crippen molar-refractivity contribution in [3.05, 3.63) is 0 Å². The van der Waals surface area contributed by atoms with Gasteiger partial charge >= 0.3 is 6.18 Å². The van der Waals surface area contributed by atoms with E-state index in [1.165, 1.54) is 11.3 Å². The Labute approximate surface area is 112 Å². The standard InChI is InChI=1S/C12H21F3N2S/c1-9(2)17(8-12(13,14)15)11(18)16-10-6-4-3-5-7-10/h9-10H,3-8H2,1-2H3,(H,16,18). The average Bonchev–Trinajstić information content (AvgIpc) is 2.25. The first-order chi connectivity index (χ1) is 8.29. The van der Waals surface area contributed by atoms with Crippen LogP contribution in [-0.2, 0) is 0 Å². The van der Waals surface area contributed by atoms with Crippen LogP contribution in [0.2, 0.25) is 0 Å². The van der Waals surface area contributed by atoms with Gasteiger partial charge in [-0.25, -0.2) is 0 Å². The molecule has 1 rings (SSSR count). The molecule has 0 radical (unpaired) electrons. The van der Waals surface area contributed by atoms with Gasteiger partial charge in [0.1, 0.15) is 6.54 Å². The third-order valence-corrected chi connectivity index (χ3v) is 3.52. The van der Waals surface area contributed by atoms with Gasteiger partial charge in [0.05, 0.1) is 0 Å². The highest BCUT2D eigenvalue weighted by atomic mass is 32.1. The normalized spacial score (nSPS) is 17.9. The van der Waals surface area contributed by atoms with Crippen molar-refractivity contribution in [3.63, 3.8) is 0 Å². The fourth-order valence-corrected chi connectivity index (χ4v) is 2.63. The Kier molecular flexibility index (Phi) is 5.69. The molecule has 0 amide bonds. The van der Waals surface area contributed by atoms with Crippen molar-refractivity contribution in [1.29, 1.82) is 0 Å². The molecule has 0 atom stereocenters. The van der Waals surface area contributed by atoms with E-state index in [-0.39, 0.29) is 17.2 Å². The lowest BCUT2D eigenvalue weighted by Gasteiger charge is -2.33. The molecule has 0 aliphatic heterocycles. The van der Waals surface area contributed by atoms with Crippen LogP contribution in [0.15, 0.2) is 0 Å². The van der Waals surface area contributed by atoms with Crippen LogP contribution in [0.3, 0.4) is 0 Å². The zero-order chi connectivity index (χ0) is 13.8. The molecular formula is C12H21F3N2S. The summed E-state index contributed by atoms with van der Waals surface area (Å²) >= 11 is 5.12. The van der Waals surface area contributed by atoms with Crippen LogP contribution in [0.5, 0.6) is 0 Å². The Bertz CT molecular complexity index is 273. The number of rotatable bonds is 3. The minimum absolute atomic E-state index is 0.231. The molecule has 0 unspecified atom stereocenters. The van der Waals surface area contributed by atoms with Crippen LogP contribution < -0.4 is 5.32 Å². The largest absolute Gasteiger partial charge is 0.406 e. The molecule has 1 aliphatic rings. The zero-order valence-corrected chi connectivity index (χ0v) is 11.7. The van der Waals surface area contributed by atoms with Gasteiger partial charge in [-0.05, 0) is 38.9 Å². The molecule has 1 saturated carbocycles. The smallest absolute Gasteiger partial charge is 0.360 e. The van der Waals surface area contributed by atoms with Crippen molar-refractivity contribution < 1.29 is 13.2 Å². The molecule has 0 saturated heterocycles. The number of nitrogens with one attached hydrogen (secondary N) is 1. The number of hydrogen-bond acceptors (Lipinski definition) is 1. The summed E-state index contributed by atoms with van der Waals surface area (Å²) in [6, 6.07) is -0.0176. The van der Waals surface area contributed by atoms with Crippen LogP contribution in [-0.4, -0.2) is 34.8 Å². The maximum Gasteiger partial charge on any atom is 0.406 e. The van der Waals surface area contributed by atoms with Crippen LogP contribution in [0.1, 0.15) is 46.0 Å². The third kappa shape index (κ3) is 5.42. The van der Waals surface area contributed by atoms with Gasteiger partial charge in [0.25, 0.3) is 0 Å². The molecule has 0 aromatic rings. The molecule has 1 N–H and O–H groups in total. The Hall–Kier alpha value is -0.520. The van der Waals surface area contributed by atoms with E-state index in [0.29, 0.717) is 0 Å². The minimum Gasteiger partial charge on any atom is -0.360 e. The highest BCUT2D eigenvalue weighted by Gasteiger charge is 2.33. The first-order valence-corrected chi connectivity index (χ1v) is 6.84. The van der Waals surface area contributed by atoms with E-state index in [9.17, 15) is 13.2 Å². The van der Waals surface area contributed by atoms with Crippen molar-refractivity contribution in [3.8, 4) is 0 Å². The van der Waals surface area contributed by atoms with E-state index < -0.39 is 12.7 Å². The van der Waals surface area contributed by atoms with Gasteiger partial charge in [0, 0.05) is 12.1 Å². The van der Waals surface area contributed by atoms with E-state index in [1.54, 1.807) is 13.8 Å². The maximum absolute atomic E-state index is 12.5. The summed E-state index contributed by atoms with van der Waals surface area (Å²) in [7, 11) is 0. The number of thiocarbonyl (C=S) groups is 1. The maximum atomic E-state index is 12.5. The molecule has 1 aliphatic carbocycles. The van der Waals surface area contributed by atoms with Crippen molar-refractivity contribution in [2.45, 2.75) is 64.2 Å². The van der Waals surface area contributed by atoms with Gasteiger partial charge in [-0.1, -0.05) is 19.3 Å².